The summed E-state index contributed by atoms with van der Waals surface area (Å²) in [6.45, 7) is 2.03. The number of aryl methyl sites for hydroxylation is 1. The van der Waals surface area contributed by atoms with Crippen LogP contribution in [-0.2, 0) is 0 Å². The third-order valence-corrected chi connectivity index (χ3v) is 4.01. The molecule has 2 aromatic carbocycles. The molecule has 0 atom stereocenters. The van der Waals surface area contributed by atoms with Crippen molar-refractivity contribution in [2.24, 2.45) is 10.2 Å². The van der Waals surface area contributed by atoms with Gasteiger partial charge in [-0.15, -0.1) is 5.11 Å². The molecule has 2 heterocycles. The maximum atomic E-state index is 6.02. The summed E-state index contributed by atoms with van der Waals surface area (Å²) >= 11 is 0. The number of hydrogen-bond donors (Lipinski definition) is 1. The molecule has 0 saturated carbocycles. The van der Waals surface area contributed by atoms with Crippen molar-refractivity contribution >= 4 is 28.0 Å². The first kappa shape index (κ1) is 15.8. The van der Waals surface area contributed by atoms with Gasteiger partial charge in [0.15, 0.2) is 11.6 Å². The number of nitrogens with zero attached hydrogens (tertiary/aromatic N) is 5. The number of benzene rings is 2. The lowest BCUT2D eigenvalue weighted by Crippen LogP contribution is -1.91. The second-order valence-electron chi connectivity index (χ2n) is 5.90. The molecule has 0 unspecified atom stereocenters. The van der Waals surface area contributed by atoms with Crippen LogP contribution in [0.15, 0.2) is 77.3 Å². The van der Waals surface area contributed by atoms with Crippen molar-refractivity contribution in [2.45, 2.75) is 6.92 Å². The SMILES string of the molecule is Cc1ccc2cnc(N)c(N=Nc3ccc(-c4ncccn4)cc3)c2c1. The molecule has 0 spiro atoms. The molecule has 4 rings (SSSR count). The van der Waals surface area contributed by atoms with Crippen LogP contribution >= 0.6 is 0 Å². The smallest absolute Gasteiger partial charge is 0.159 e. The van der Waals surface area contributed by atoms with Gasteiger partial charge in [0.25, 0.3) is 0 Å². The molecule has 4 aromatic rings. The van der Waals surface area contributed by atoms with E-state index >= 15 is 0 Å². The molecule has 6 heteroatoms. The van der Waals surface area contributed by atoms with Crippen molar-refractivity contribution in [1.29, 1.82) is 0 Å². The van der Waals surface area contributed by atoms with Gasteiger partial charge >= 0.3 is 0 Å². The molecule has 0 saturated heterocycles. The third-order valence-electron chi connectivity index (χ3n) is 4.01. The van der Waals surface area contributed by atoms with E-state index in [9.17, 15) is 0 Å². The van der Waals surface area contributed by atoms with Crippen molar-refractivity contribution in [2.75, 3.05) is 5.73 Å². The van der Waals surface area contributed by atoms with Crippen LogP contribution in [0, 0.1) is 6.92 Å². The highest BCUT2D eigenvalue weighted by atomic mass is 15.1. The Morgan fingerprint density at radius 2 is 1.65 bits per heavy atom. The summed E-state index contributed by atoms with van der Waals surface area (Å²) in [5, 5.41) is 10.6. The zero-order chi connectivity index (χ0) is 17.9. The molecule has 2 N–H and O–H groups in total. The minimum absolute atomic E-state index is 0.362. The van der Waals surface area contributed by atoms with Gasteiger partial charge in [-0.2, -0.15) is 5.11 Å². The van der Waals surface area contributed by atoms with Crippen molar-refractivity contribution in [3.05, 3.63) is 72.7 Å². The molecule has 6 nitrogen and oxygen atoms in total. The van der Waals surface area contributed by atoms with E-state index in [1.165, 1.54) is 0 Å². The molecule has 0 aliphatic carbocycles. The lowest BCUT2D eigenvalue weighted by molar-refractivity contribution is 1.17. The van der Waals surface area contributed by atoms with E-state index in [2.05, 4.69) is 25.2 Å². The fraction of sp³-hybridized carbons (Fsp3) is 0.0500. The van der Waals surface area contributed by atoms with Crippen molar-refractivity contribution in [3.63, 3.8) is 0 Å². The predicted octanol–water partition coefficient (Wildman–Crippen LogP) is 5.00. The molecular formula is C20H16N6. The topological polar surface area (TPSA) is 89.4 Å². The second-order valence-corrected chi connectivity index (χ2v) is 5.90. The molecule has 26 heavy (non-hydrogen) atoms. The molecule has 0 radical (unpaired) electrons. The summed E-state index contributed by atoms with van der Waals surface area (Å²) in [5.41, 5.74) is 9.37. The number of hydrogen-bond acceptors (Lipinski definition) is 6. The predicted molar refractivity (Wildman–Crippen MR) is 103 cm³/mol. The summed E-state index contributed by atoms with van der Waals surface area (Å²) in [6.07, 6.45) is 5.18. The summed E-state index contributed by atoms with van der Waals surface area (Å²) in [4.78, 5) is 12.7. The van der Waals surface area contributed by atoms with Crippen molar-refractivity contribution in [1.82, 2.24) is 15.0 Å². The molecule has 2 aromatic heterocycles. The maximum Gasteiger partial charge on any atom is 0.159 e. The van der Waals surface area contributed by atoms with E-state index in [0.29, 0.717) is 23.0 Å². The standard InChI is InChI=1S/C20H16N6/c1-13-3-4-15-12-24-19(21)18(17(15)11-13)26-25-16-7-5-14(6-8-16)20-22-9-2-10-23-20/h2-12H,1H3,(H2,21,24). The number of aromatic nitrogens is 3. The van der Waals surface area contributed by atoms with Crippen LogP contribution < -0.4 is 5.73 Å². The van der Waals surface area contributed by atoms with Crippen LogP contribution in [0.2, 0.25) is 0 Å². The average molecular weight is 340 g/mol. The molecule has 0 aliphatic heterocycles. The highest BCUT2D eigenvalue weighted by Crippen LogP contribution is 2.32. The maximum absolute atomic E-state index is 6.02. The molecular weight excluding hydrogens is 324 g/mol. The fourth-order valence-electron chi connectivity index (χ4n) is 2.66. The van der Waals surface area contributed by atoms with Gasteiger partial charge in [0, 0.05) is 34.9 Å². The zero-order valence-corrected chi connectivity index (χ0v) is 14.2. The van der Waals surface area contributed by atoms with E-state index in [4.69, 9.17) is 5.73 Å². The van der Waals surface area contributed by atoms with Crippen LogP contribution in [0.1, 0.15) is 5.56 Å². The quantitative estimate of drug-likeness (QED) is 0.532. The molecule has 0 fully saturated rings. The fourth-order valence-corrected chi connectivity index (χ4v) is 2.66. The lowest BCUT2D eigenvalue weighted by atomic mass is 10.1. The lowest BCUT2D eigenvalue weighted by Gasteiger charge is -2.05. The van der Waals surface area contributed by atoms with Gasteiger partial charge in [0.05, 0.1) is 5.69 Å². The third kappa shape index (κ3) is 3.12. The van der Waals surface area contributed by atoms with Gasteiger partial charge in [0.2, 0.25) is 0 Å². The Bertz CT molecular complexity index is 1080. The number of nitrogen functional groups attached to an aromatic ring is 1. The first-order valence-corrected chi connectivity index (χ1v) is 8.15. The number of pyridine rings is 1. The van der Waals surface area contributed by atoms with Crippen molar-refractivity contribution in [3.8, 4) is 11.4 Å². The van der Waals surface area contributed by atoms with Crippen LogP contribution in [-0.4, -0.2) is 15.0 Å². The van der Waals surface area contributed by atoms with E-state index < -0.39 is 0 Å². The zero-order valence-electron chi connectivity index (χ0n) is 14.2. The van der Waals surface area contributed by atoms with Crippen molar-refractivity contribution < 1.29 is 0 Å². The average Bonchev–Trinajstić information content (AvgIpc) is 2.68. The van der Waals surface area contributed by atoms with E-state index in [-0.39, 0.29) is 0 Å². The minimum Gasteiger partial charge on any atom is -0.382 e. The normalized spacial score (nSPS) is 11.3. The van der Waals surface area contributed by atoms with Gasteiger partial charge < -0.3 is 5.73 Å². The van der Waals surface area contributed by atoms with E-state index in [0.717, 1.165) is 21.9 Å². The number of rotatable bonds is 3. The second kappa shape index (κ2) is 6.68. The Morgan fingerprint density at radius 3 is 2.42 bits per heavy atom. The van der Waals surface area contributed by atoms with Crippen LogP contribution in [0.3, 0.4) is 0 Å². The monoisotopic (exact) mass is 340 g/mol. The molecule has 0 bridgehead atoms. The largest absolute Gasteiger partial charge is 0.382 e. The number of nitrogens with two attached hydrogens (primary N) is 1. The van der Waals surface area contributed by atoms with Gasteiger partial charge in [-0.3, -0.25) is 0 Å². The number of anilines is 1. The van der Waals surface area contributed by atoms with Gasteiger partial charge in [-0.25, -0.2) is 15.0 Å². The van der Waals surface area contributed by atoms with Gasteiger partial charge in [0.1, 0.15) is 5.69 Å². The van der Waals surface area contributed by atoms with Gasteiger partial charge in [-0.05, 0) is 43.3 Å². The Hall–Kier alpha value is -3.67. The highest BCUT2D eigenvalue weighted by molar-refractivity contribution is 5.96. The Morgan fingerprint density at radius 1 is 0.885 bits per heavy atom. The molecule has 0 aliphatic rings. The Labute approximate surface area is 150 Å². The summed E-state index contributed by atoms with van der Waals surface area (Å²) in [7, 11) is 0. The Kier molecular flexibility index (Phi) is 4.07. The Balaban J connectivity index is 1.67. The highest BCUT2D eigenvalue weighted by Gasteiger charge is 2.07. The first-order valence-electron chi connectivity index (χ1n) is 8.15. The molecule has 126 valence electrons. The summed E-state index contributed by atoms with van der Waals surface area (Å²) < 4.78 is 0. The van der Waals surface area contributed by atoms with E-state index in [1.54, 1.807) is 24.7 Å². The number of fused-ring (bicyclic) bond motifs is 1. The van der Waals surface area contributed by atoms with Crippen LogP contribution in [0.5, 0.6) is 0 Å². The van der Waals surface area contributed by atoms with E-state index in [1.807, 2.05) is 49.4 Å². The van der Waals surface area contributed by atoms with Crippen LogP contribution in [0.4, 0.5) is 17.2 Å². The van der Waals surface area contributed by atoms with Gasteiger partial charge in [-0.1, -0.05) is 17.7 Å². The number of azo groups is 1. The summed E-state index contributed by atoms with van der Waals surface area (Å²) in [6, 6.07) is 15.4. The summed E-state index contributed by atoms with van der Waals surface area (Å²) in [5.74, 6) is 1.04. The first-order chi connectivity index (χ1) is 12.7. The minimum atomic E-state index is 0.362. The van der Waals surface area contributed by atoms with Crippen LogP contribution in [0.25, 0.3) is 22.2 Å². The molecule has 0 amide bonds.